The van der Waals surface area contributed by atoms with E-state index in [4.69, 9.17) is 14.3 Å². The second-order valence-corrected chi connectivity index (χ2v) is 9.18. The molecule has 0 amide bonds. The first kappa shape index (κ1) is 24.0. The van der Waals surface area contributed by atoms with E-state index < -0.39 is 0 Å². The lowest BCUT2D eigenvalue weighted by Crippen LogP contribution is -2.06. The van der Waals surface area contributed by atoms with E-state index in [1.165, 1.54) is 11.1 Å². The molecule has 0 heterocycles. The maximum Gasteiger partial charge on any atom is 0.125 e. The third kappa shape index (κ3) is 10.2. The zero-order valence-corrected chi connectivity index (χ0v) is 20.0. The number of aryl methyl sites for hydroxylation is 2. The van der Waals surface area contributed by atoms with Gasteiger partial charge in [0.1, 0.15) is 24.7 Å². The largest absolute Gasteiger partial charge is 0.493 e. The number of nitrogens with zero attached hydrogens (tertiary/aromatic N) is 1. The second-order valence-electron chi connectivity index (χ2n) is 6.41. The molecule has 0 radical (unpaired) electrons. The first-order valence-electron chi connectivity index (χ1n) is 9.53. The molecule has 1 rings (SSSR count). The average Bonchev–Trinajstić information content (AvgIpc) is 2.61. The summed E-state index contributed by atoms with van der Waals surface area (Å²) in [6, 6.07) is 4.20. The van der Waals surface area contributed by atoms with E-state index in [-0.39, 0.29) is 0 Å². The summed E-state index contributed by atoms with van der Waals surface area (Å²) in [7, 11) is 0. The van der Waals surface area contributed by atoms with Gasteiger partial charge in [-0.05, 0) is 101 Å². The Labute approximate surface area is 180 Å². The van der Waals surface area contributed by atoms with Gasteiger partial charge in [0.2, 0.25) is 0 Å². The predicted octanol–water partition coefficient (Wildman–Crippen LogP) is 6.78. The number of hydrogen-bond acceptors (Lipinski definition) is 4. The highest BCUT2D eigenvalue weighted by Crippen LogP contribution is 2.31. The van der Waals surface area contributed by atoms with Gasteiger partial charge in [0, 0.05) is 0 Å². The maximum absolute atomic E-state index is 6.16. The Bertz CT molecular complexity index is 622. The first-order valence-corrected chi connectivity index (χ1v) is 11.1. The molecule has 27 heavy (non-hydrogen) atoms. The van der Waals surface area contributed by atoms with E-state index in [1.807, 2.05) is 19.9 Å². The summed E-state index contributed by atoms with van der Waals surface area (Å²) >= 11 is 6.69. The van der Waals surface area contributed by atoms with Gasteiger partial charge < -0.3 is 14.3 Å². The summed E-state index contributed by atoms with van der Waals surface area (Å²) < 4.78 is 12.9. The van der Waals surface area contributed by atoms with Crippen molar-refractivity contribution in [2.75, 3.05) is 19.8 Å². The van der Waals surface area contributed by atoms with Gasteiger partial charge in [-0.3, -0.25) is 0 Å². The molecule has 0 atom stereocenters. The van der Waals surface area contributed by atoms with Crippen molar-refractivity contribution in [2.24, 2.45) is 5.16 Å². The van der Waals surface area contributed by atoms with Crippen molar-refractivity contribution in [2.45, 2.75) is 59.8 Å². The van der Waals surface area contributed by atoms with Crippen molar-refractivity contribution in [3.05, 3.63) is 32.7 Å². The Hall–Kier alpha value is -1.01. The topological polar surface area (TPSA) is 40.0 Å². The van der Waals surface area contributed by atoms with Gasteiger partial charge in [-0.15, -0.1) is 0 Å². The van der Waals surface area contributed by atoms with Crippen LogP contribution < -0.4 is 9.47 Å². The number of hydrogen-bond donors (Lipinski definition) is 0. The van der Waals surface area contributed by atoms with E-state index in [0.29, 0.717) is 19.8 Å². The average molecular weight is 505 g/mol. The molecule has 152 valence electrons. The lowest BCUT2D eigenvalue weighted by Gasteiger charge is -2.17. The smallest absolute Gasteiger partial charge is 0.125 e. The molecule has 0 aromatic heterocycles. The van der Waals surface area contributed by atoms with Crippen LogP contribution in [0.15, 0.2) is 26.8 Å². The fourth-order valence-corrected chi connectivity index (χ4v) is 2.79. The van der Waals surface area contributed by atoms with Crippen LogP contribution in [0.5, 0.6) is 11.5 Å². The molecule has 0 N–H and O–H groups in total. The van der Waals surface area contributed by atoms with Crippen molar-refractivity contribution in [1.82, 2.24) is 0 Å². The van der Waals surface area contributed by atoms with Crippen molar-refractivity contribution < 1.29 is 14.3 Å². The fourth-order valence-electron chi connectivity index (χ4n) is 2.53. The second kappa shape index (κ2) is 14.1. The molecular formula is C21H31Br2NO3. The number of oxime groups is 1. The summed E-state index contributed by atoms with van der Waals surface area (Å²) in [5.41, 5.74) is 3.35. The molecule has 1 aromatic rings. The van der Waals surface area contributed by atoms with Crippen LogP contribution in [0.25, 0.3) is 0 Å². The number of halogens is 2. The van der Waals surface area contributed by atoms with Crippen LogP contribution in [-0.2, 0) is 17.7 Å². The molecule has 0 bridgehead atoms. The zero-order valence-electron chi connectivity index (χ0n) is 16.8. The summed E-state index contributed by atoms with van der Waals surface area (Å²) in [4.78, 5) is 5.23. The first-order chi connectivity index (χ1) is 13.0. The van der Waals surface area contributed by atoms with E-state index in [2.05, 4.69) is 63.0 Å². The minimum atomic E-state index is 0.514. The van der Waals surface area contributed by atoms with Gasteiger partial charge in [-0.2, -0.15) is 0 Å². The molecule has 4 nitrogen and oxygen atoms in total. The third-order valence-electron chi connectivity index (χ3n) is 3.73. The van der Waals surface area contributed by atoms with Crippen LogP contribution in [-0.4, -0.2) is 25.5 Å². The number of rotatable bonds is 13. The maximum atomic E-state index is 6.16. The lowest BCUT2D eigenvalue weighted by molar-refractivity contribution is 0.135. The minimum Gasteiger partial charge on any atom is -0.493 e. The van der Waals surface area contributed by atoms with Gasteiger partial charge in [0.15, 0.2) is 0 Å². The highest BCUT2D eigenvalue weighted by molar-refractivity contribution is 9.28. The fraction of sp³-hybridized carbons (Fsp3) is 0.571. The summed E-state index contributed by atoms with van der Waals surface area (Å²) in [6.07, 6.45) is 6.76. The number of unbranched alkanes of at least 4 members (excludes halogenated alkanes) is 1. The van der Waals surface area contributed by atoms with E-state index in [0.717, 1.165) is 52.7 Å². The van der Waals surface area contributed by atoms with Crippen molar-refractivity contribution in [3.8, 4) is 11.5 Å². The normalized spacial score (nSPS) is 10.3. The van der Waals surface area contributed by atoms with Crippen molar-refractivity contribution in [1.29, 1.82) is 0 Å². The Kier molecular flexibility index (Phi) is 12.5. The zero-order chi connectivity index (χ0) is 20.1. The van der Waals surface area contributed by atoms with Crippen LogP contribution >= 0.6 is 31.9 Å². The van der Waals surface area contributed by atoms with Crippen molar-refractivity contribution in [3.63, 3.8) is 0 Å². The Morgan fingerprint density at radius 2 is 1.74 bits per heavy atom. The van der Waals surface area contributed by atoms with E-state index in [9.17, 15) is 0 Å². The molecule has 0 aliphatic rings. The van der Waals surface area contributed by atoms with Crippen LogP contribution in [0.4, 0.5) is 0 Å². The quantitative estimate of drug-likeness (QED) is 0.169. The van der Waals surface area contributed by atoms with Gasteiger partial charge in [-0.1, -0.05) is 25.4 Å². The highest BCUT2D eigenvalue weighted by Gasteiger charge is 2.12. The SMILES string of the molecule is CCCc1cc(OCC=C(Br)Br)cc(CC)c1OCCCCON=C(C)C. The third-order valence-corrected chi connectivity index (χ3v) is 4.38. The minimum absolute atomic E-state index is 0.514. The molecule has 1 aromatic carbocycles. The van der Waals surface area contributed by atoms with Gasteiger partial charge in [-0.25, -0.2) is 0 Å². The van der Waals surface area contributed by atoms with Crippen LogP contribution in [0.1, 0.15) is 58.1 Å². The van der Waals surface area contributed by atoms with Crippen LogP contribution in [0.3, 0.4) is 0 Å². The molecule has 0 fully saturated rings. The van der Waals surface area contributed by atoms with E-state index >= 15 is 0 Å². The summed E-state index contributed by atoms with van der Waals surface area (Å²) in [5.74, 6) is 1.91. The standard InChI is InChI=1S/C21H31Br2NO3/c1-5-9-18-15-19(25-13-10-20(22)23)14-17(6-2)21(18)26-11-7-8-12-27-24-16(3)4/h10,14-15H,5-9,11-13H2,1-4H3. The summed E-state index contributed by atoms with van der Waals surface area (Å²) in [5, 5.41) is 3.94. The molecular weight excluding hydrogens is 474 g/mol. The van der Waals surface area contributed by atoms with Gasteiger partial charge in [0.25, 0.3) is 0 Å². The van der Waals surface area contributed by atoms with Gasteiger partial charge in [0.05, 0.1) is 15.7 Å². The molecule has 0 aliphatic carbocycles. The Morgan fingerprint density at radius 3 is 2.37 bits per heavy atom. The molecule has 0 spiro atoms. The van der Waals surface area contributed by atoms with Crippen LogP contribution in [0.2, 0.25) is 0 Å². The molecule has 0 aliphatic heterocycles. The van der Waals surface area contributed by atoms with Gasteiger partial charge >= 0.3 is 0 Å². The number of ether oxygens (including phenoxy) is 2. The van der Waals surface area contributed by atoms with Crippen LogP contribution in [0, 0.1) is 0 Å². The number of benzene rings is 1. The molecule has 6 heteroatoms. The predicted molar refractivity (Wildman–Crippen MR) is 121 cm³/mol. The van der Waals surface area contributed by atoms with Crippen molar-refractivity contribution >= 4 is 37.6 Å². The molecule has 0 unspecified atom stereocenters. The molecule has 0 saturated heterocycles. The summed E-state index contributed by atoms with van der Waals surface area (Å²) in [6.45, 7) is 10.00. The Morgan fingerprint density at radius 1 is 1.04 bits per heavy atom. The highest BCUT2D eigenvalue weighted by atomic mass is 79.9. The Balaban J connectivity index is 2.70. The van der Waals surface area contributed by atoms with E-state index in [1.54, 1.807) is 0 Å². The molecule has 0 saturated carbocycles. The monoisotopic (exact) mass is 503 g/mol. The lowest BCUT2D eigenvalue weighted by atomic mass is 10.0.